The van der Waals surface area contributed by atoms with E-state index in [0.29, 0.717) is 22.1 Å². The number of carbonyl (C=O) groups is 1. The maximum atomic E-state index is 12.0. The Morgan fingerprint density at radius 2 is 2.22 bits per heavy atom. The van der Waals surface area contributed by atoms with Crippen LogP contribution in [0.5, 0.6) is 0 Å². The number of hydrogen-bond acceptors (Lipinski definition) is 4. The fourth-order valence-corrected chi connectivity index (χ4v) is 3.07. The Bertz CT molecular complexity index is 464. The Hall–Kier alpha value is -1.31. The van der Waals surface area contributed by atoms with Gasteiger partial charge in [0.15, 0.2) is 5.78 Å². The summed E-state index contributed by atoms with van der Waals surface area (Å²) in [6.07, 6.45) is 1.26. The molecule has 0 radical (unpaired) electrons. The maximum Gasteiger partial charge on any atom is 0.172 e. The minimum atomic E-state index is 0.114. The van der Waals surface area contributed by atoms with Gasteiger partial charge in [-0.25, -0.2) is 0 Å². The van der Waals surface area contributed by atoms with Gasteiger partial charge >= 0.3 is 0 Å². The number of rotatable bonds is 4. The molecule has 2 unspecified atom stereocenters. The SMILES string of the molecule is CC1OCCC1SCC(=O)c1ccc(C#N)cc1. The van der Waals surface area contributed by atoms with Gasteiger partial charge in [-0.3, -0.25) is 4.79 Å². The molecule has 2 rings (SSSR count). The molecule has 1 aromatic rings. The highest BCUT2D eigenvalue weighted by Crippen LogP contribution is 2.26. The van der Waals surface area contributed by atoms with Crippen molar-refractivity contribution in [2.75, 3.05) is 12.4 Å². The number of benzene rings is 1. The molecule has 0 aromatic heterocycles. The summed E-state index contributed by atoms with van der Waals surface area (Å²) in [4.78, 5) is 12.0. The van der Waals surface area contributed by atoms with E-state index < -0.39 is 0 Å². The number of ether oxygens (including phenoxy) is 1. The van der Waals surface area contributed by atoms with Crippen LogP contribution in [0.3, 0.4) is 0 Å². The first-order valence-electron chi connectivity index (χ1n) is 5.97. The van der Waals surface area contributed by atoms with Gasteiger partial charge in [0.2, 0.25) is 0 Å². The standard InChI is InChI=1S/C14H15NO2S/c1-10-14(6-7-17-10)18-9-13(16)12-4-2-11(8-15)3-5-12/h2-5,10,14H,6-7,9H2,1H3. The zero-order valence-electron chi connectivity index (χ0n) is 10.3. The Morgan fingerprint density at radius 1 is 1.50 bits per heavy atom. The Balaban J connectivity index is 1.89. The van der Waals surface area contributed by atoms with Crippen LogP contribution in [0, 0.1) is 11.3 Å². The molecule has 18 heavy (non-hydrogen) atoms. The molecular weight excluding hydrogens is 246 g/mol. The highest BCUT2D eigenvalue weighted by atomic mass is 32.2. The van der Waals surface area contributed by atoms with Gasteiger partial charge < -0.3 is 4.74 Å². The lowest BCUT2D eigenvalue weighted by atomic mass is 10.1. The Morgan fingerprint density at radius 3 is 2.78 bits per heavy atom. The summed E-state index contributed by atoms with van der Waals surface area (Å²) in [5.74, 6) is 0.591. The lowest BCUT2D eigenvalue weighted by molar-refractivity contribution is 0.102. The summed E-state index contributed by atoms with van der Waals surface area (Å²) < 4.78 is 5.47. The van der Waals surface area contributed by atoms with E-state index in [1.807, 2.05) is 6.07 Å². The molecule has 1 fully saturated rings. The topological polar surface area (TPSA) is 50.1 Å². The molecule has 0 amide bonds. The fourth-order valence-electron chi connectivity index (χ4n) is 1.93. The van der Waals surface area contributed by atoms with E-state index in [1.165, 1.54) is 0 Å². The smallest absolute Gasteiger partial charge is 0.172 e. The predicted molar refractivity (Wildman–Crippen MR) is 71.8 cm³/mol. The number of nitriles is 1. The number of ketones is 1. The molecule has 1 aromatic carbocycles. The van der Waals surface area contributed by atoms with E-state index in [4.69, 9.17) is 10.00 Å². The molecule has 1 saturated heterocycles. The van der Waals surface area contributed by atoms with Gasteiger partial charge in [0.05, 0.1) is 23.5 Å². The van der Waals surface area contributed by atoms with Crippen LogP contribution in [0.15, 0.2) is 24.3 Å². The van der Waals surface area contributed by atoms with E-state index in [0.717, 1.165) is 13.0 Å². The molecule has 94 valence electrons. The van der Waals surface area contributed by atoms with Gasteiger partial charge in [-0.1, -0.05) is 12.1 Å². The lowest BCUT2D eigenvalue weighted by Crippen LogP contribution is -2.16. The van der Waals surface area contributed by atoms with Crippen LogP contribution >= 0.6 is 11.8 Å². The predicted octanol–water partition coefficient (Wildman–Crippen LogP) is 2.65. The summed E-state index contributed by atoms with van der Waals surface area (Å²) in [6.45, 7) is 2.85. The van der Waals surface area contributed by atoms with Crippen LogP contribution in [0.2, 0.25) is 0 Å². The van der Waals surface area contributed by atoms with Crippen LogP contribution in [0.1, 0.15) is 29.3 Å². The molecule has 4 heteroatoms. The third kappa shape index (κ3) is 3.12. The molecule has 1 aliphatic heterocycles. The maximum absolute atomic E-state index is 12.0. The van der Waals surface area contributed by atoms with Crippen LogP contribution in [0.25, 0.3) is 0 Å². The summed E-state index contributed by atoms with van der Waals surface area (Å²) in [7, 11) is 0. The van der Waals surface area contributed by atoms with E-state index >= 15 is 0 Å². The number of nitrogens with zero attached hydrogens (tertiary/aromatic N) is 1. The molecule has 3 nitrogen and oxygen atoms in total. The van der Waals surface area contributed by atoms with Crippen molar-refractivity contribution in [3.05, 3.63) is 35.4 Å². The quantitative estimate of drug-likeness (QED) is 0.782. The van der Waals surface area contributed by atoms with Crippen molar-refractivity contribution in [1.82, 2.24) is 0 Å². The molecule has 0 spiro atoms. The van der Waals surface area contributed by atoms with Crippen LogP contribution in [-0.2, 0) is 4.74 Å². The van der Waals surface area contributed by atoms with Crippen molar-refractivity contribution in [1.29, 1.82) is 5.26 Å². The monoisotopic (exact) mass is 261 g/mol. The summed E-state index contributed by atoms with van der Waals surface area (Å²) in [5, 5.41) is 9.11. The number of thioether (sulfide) groups is 1. The summed E-state index contributed by atoms with van der Waals surface area (Å²) in [5.41, 5.74) is 1.25. The number of hydrogen-bond donors (Lipinski definition) is 0. The van der Waals surface area contributed by atoms with Crippen molar-refractivity contribution >= 4 is 17.5 Å². The van der Waals surface area contributed by atoms with Crippen molar-refractivity contribution in [2.45, 2.75) is 24.7 Å². The zero-order valence-corrected chi connectivity index (χ0v) is 11.1. The average molecular weight is 261 g/mol. The first-order valence-corrected chi connectivity index (χ1v) is 7.02. The third-order valence-corrected chi connectivity index (χ3v) is 4.55. The molecule has 0 aliphatic carbocycles. The van der Waals surface area contributed by atoms with Gasteiger partial charge in [0.25, 0.3) is 0 Å². The molecule has 0 saturated carbocycles. The van der Waals surface area contributed by atoms with Gasteiger partial charge in [-0.15, -0.1) is 11.8 Å². The second kappa shape index (κ2) is 6.03. The number of carbonyl (C=O) groups excluding carboxylic acids is 1. The van der Waals surface area contributed by atoms with Crippen LogP contribution in [-0.4, -0.2) is 29.5 Å². The molecule has 1 heterocycles. The van der Waals surface area contributed by atoms with E-state index in [9.17, 15) is 4.79 Å². The minimum absolute atomic E-state index is 0.114. The Kier molecular flexibility index (Phi) is 4.40. The first-order chi connectivity index (χ1) is 8.70. The second-order valence-electron chi connectivity index (χ2n) is 4.33. The van der Waals surface area contributed by atoms with Gasteiger partial charge in [-0.05, 0) is 25.5 Å². The third-order valence-electron chi connectivity index (χ3n) is 3.07. The van der Waals surface area contributed by atoms with Crippen molar-refractivity contribution in [3.63, 3.8) is 0 Å². The van der Waals surface area contributed by atoms with E-state index in [1.54, 1.807) is 36.0 Å². The van der Waals surface area contributed by atoms with Gasteiger partial charge in [0.1, 0.15) is 0 Å². The van der Waals surface area contributed by atoms with Crippen molar-refractivity contribution in [2.24, 2.45) is 0 Å². The van der Waals surface area contributed by atoms with Crippen molar-refractivity contribution in [3.8, 4) is 6.07 Å². The van der Waals surface area contributed by atoms with E-state index in [-0.39, 0.29) is 11.9 Å². The largest absolute Gasteiger partial charge is 0.377 e. The Labute approximate surface area is 111 Å². The van der Waals surface area contributed by atoms with Crippen molar-refractivity contribution < 1.29 is 9.53 Å². The normalized spacial score (nSPS) is 22.7. The van der Waals surface area contributed by atoms with Gasteiger partial charge in [0, 0.05) is 17.4 Å². The highest BCUT2D eigenvalue weighted by molar-refractivity contribution is 8.00. The second-order valence-corrected chi connectivity index (χ2v) is 5.55. The van der Waals surface area contributed by atoms with E-state index in [2.05, 4.69) is 6.92 Å². The first kappa shape index (κ1) is 13.1. The average Bonchev–Trinajstić information content (AvgIpc) is 2.81. The minimum Gasteiger partial charge on any atom is -0.377 e. The fraction of sp³-hybridized carbons (Fsp3) is 0.429. The lowest BCUT2D eigenvalue weighted by Gasteiger charge is -2.12. The zero-order chi connectivity index (χ0) is 13.0. The summed E-state index contributed by atoms with van der Waals surface area (Å²) >= 11 is 1.67. The van der Waals surface area contributed by atoms with Crippen LogP contribution in [0.4, 0.5) is 0 Å². The highest BCUT2D eigenvalue weighted by Gasteiger charge is 2.25. The molecule has 0 N–H and O–H groups in total. The molecular formula is C14H15NO2S. The molecule has 2 atom stereocenters. The summed E-state index contributed by atoms with van der Waals surface area (Å²) in [6, 6.07) is 8.84. The molecule has 1 aliphatic rings. The van der Waals surface area contributed by atoms with Crippen LogP contribution < -0.4 is 0 Å². The van der Waals surface area contributed by atoms with Gasteiger partial charge in [-0.2, -0.15) is 5.26 Å². The number of Topliss-reactive ketones (excluding diaryl/α,β-unsaturated/α-hetero) is 1. The molecule has 0 bridgehead atoms.